The fourth-order valence-electron chi connectivity index (χ4n) is 1.65. The van der Waals surface area contributed by atoms with Crippen molar-refractivity contribution in [3.05, 3.63) is 47.8 Å². The highest BCUT2D eigenvalue weighted by atomic mass is 32.2. The topological polar surface area (TPSA) is 44.1 Å². The summed E-state index contributed by atoms with van der Waals surface area (Å²) in [6.45, 7) is 0.417. The zero-order valence-electron chi connectivity index (χ0n) is 10.9. The monoisotopic (exact) mass is 300 g/mol. The fourth-order valence-corrected chi connectivity index (χ4v) is 2.63. The van der Waals surface area contributed by atoms with E-state index in [0.717, 1.165) is 12.1 Å². The number of hydrogen-bond donors (Lipinski definition) is 0. The molecule has 0 radical (unpaired) electrons. The maximum Gasteiger partial charge on any atom is 0.151 e. The van der Waals surface area contributed by atoms with Crippen LogP contribution in [0.4, 0.5) is 8.78 Å². The van der Waals surface area contributed by atoms with Gasteiger partial charge < -0.3 is 4.74 Å². The van der Waals surface area contributed by atoms with Crippen LogP contribution in [0.15, 0.2) is 30.5 Å². The average molecular weight is 300 g/mol. The van der Waals surface area contributed by atoms with Crippen molar-refractivity contribution in [1.82, 2.24) is 9.78 Å². The molecule has 1 aromatic heterocycles. The van der Waals surface area contributed by atoms with Gasteiger partial charge >= 0.3 is 0 Å². The van der Waals surface area contributed by atoms with E-state index in [1.165, 1.54) is 10.7 Å². The van der Waals surface area contributed by atoms with Gasteiger partial charge in [0.25, 0.3) is 0 Å². The van der Waals surface area contributed by atoms with Gasteiger partial charge in [-0.3, -0.25) is 4.21 Å². The summed E-state index contributed by atoms with van der Waals surface area (Å²) < 4.78 is 44.3. The van der Waals surface area contributed by atoms with E-state index in [1.807, 2.05) is 0 Å². The third-order valence-electron chi connectivity index (χ3n) is 2.62. The molecule has 20 heavy (non-hydrogen) atoms. The quantitative estimate of drug-likeness (QED) is 0.820. The van der Waals surface area contributed by atoms with E-state index < -0.39 is 22.4 Å². The lowest BCUT2D eigenvalue weighted by atomic mass is 10.3. The number of rotatable bonds is 6. The smallest absolute Gasteiger partial charge is 0.151 e. The Hall–Kier alpha value is -1.60. The molecule has 0 bridgehead atoms. The molecule has 1 atom stereocenters. The van der Waals surface area contributed by atoms with E-state index in [1.54, 1.807) is 19.4 Å². The van der Waals surface area contributed by atoms with Crippen molar-refractivity contribution >= 4 is 10.8 Å². The SMILES string of the molecule is COCCS(=O)Cc1ccn(-c2ccc(F)cc2F)n1. The first-order valence-electron chi connectivity index (χ1n) is 5.94. The maximum atomic E-state index is 13.6. The van der Waals surface area contributed by atoms with E-state index in [9.17, 15) is 13.0 Å². The Balaban J connectivity index is 2.10. The second-order valence-corrected chi connectivity index (χ2v) is 5.71. The lowest BCUT2D eigenvalue weighted by Crippen LogP contribution is -2.07. The third kappa shape index (κ3) is 3.71. The number of aromatic nitrogens is 2. The summed E-state index contributed by atoms with van der Waals surface area (Å²) in [4.78, 5) is 0. The fraction of sp³-hybridized carbons (Fsp3) is 0.308. The first kappa shape index (κ1) is 14.8. The van der Waals surface area contributed by atoms with Crippen molar-refractivity contribution in [3.63, 3.8) is 0 Å². The van der Waals surface area contributed by atoms with Gasteiger partial charge in [0, 0.05) is 35.9 Å². The molecule has 7 heteroatoms. The van der Waals surface area contributed by atoms with Gasteiger partial charge in [-0.05, 0) is 18.2 Å². The number of ether oxygens (including phenoxy) is 1. The third-order valence-corrected chi connectivity index (χ3v) is 3.86. The van der Waals surface area contributed by atoms with Crippen LogP contribution in [0.5, 0.6) is 0 Å². The lowest BCUT2D eigenvalue weighted by molar-refractivity contribution is 0.218. The van der Waals surface area contributed by atoms with E-state index >= 15 is 0 Å². The molecule has 4 nitrogen and oxygen atoms in total. The Kier molecular flexibility index (Phi) is 4.97. The van der Waals surface area contributed by atoms with Crippen LogP contribution in [0, 0.1) is 11.6 Å². The van der Waals surface area contributed by atoms with Gasteiger partial charge in [0.05, 0.1) is 18.1 Å². The molecule has 0 saturated carbocycles. The maximum absolute atomic E-state index is 13.6. The van der Waals surface area contributed by atoms with Gasteiger partial charge in [-0.2, -0.15) is 5.10 Å². The molecule has 0 amide bonds. The molecule has 0 aliphatic carbocycles. The Morgan fingerprint density at radius 2 is 2.15 bits per heavy atom. The minimum absolute atomic E-state index is 0.153. The Morgan fingerprint density at radius 1 is 1.35 bits per heavy atom. The van der Waals surface area contributed by atoms with Crippen molar-refractivity contribution in [2.45, 2.75) is 5.75 Å². The van der Waals surface area contributed by atoms with Crippen molar-refractivity contribution in [2.24, 2.45) is 0 Å². The van der Waals surface area contributed by atoms with Crippen LogP contribution >= 0.6 is 0 Å². The van der Waals surface area contributed by atoms with Crippen LogP contribution in [0.25, 0.3) is 5.69 Å². The highest BCUT2D eigenvalue weighted by Crippen LogP contribution is 2.14. The van der Waals surface area contributed by atoms with Crippen LogP contribution < -0.4 is 0 Å². The summed E-state index contributed by atoms with van der Waals surface area (Å²) in [5.41, 5.74) is 0.739. The number of hydrogen-bond acceptors (Lipinski definition) is 3. The summed E-state index contributed by atoms with van der Waals surface area (Å²) in [7, 11) is 0.467. The van der Waals surface area contributed by atoms with Gasteiger partial charge in [0.15, 0.2) is 5.82 Å². The molecular formula is C13H14F2N2O2S. The molecule has 1 unspecified atom stereocenters. The Morgan fingerprint density at radius 3 is 2.85 bits per heavy atom. The van der Waals surface area contributed by atoms with Crippen molar-refractivity contribution in [2.75, 3.05) is 19.5 Å². The Bertz CT molecular complexity index is 616. The molecule has 0 saturated heterocycles. The molecular weight excluding hydrogens is 286 g/mol. The molecule has 1 heterocycles. The van der Waals surface area contributed by atoms with Gasteiger partial charge in [-0.25, -0.2) is 13.5 Å². The molecule has 0 spiro atoms. The number of benzene rings is 1. The summed E-state index contributed by atoms with van der Waals surface area (Å²) >= 11 is 0. The predicted octanol–water partition coefficient (Wildman–Crippen LogP) is 2.05. The highest BCUT2D eigenvalue weighted by Gasteiger charge is 2.09. The van der Waals surface area contributed by atoms with Crippen LogP contribution in [0.2, 0.25) is 0 Å². The largest absolute Gasteiger partial charge is 0.384 e. The highest BCUT2D eigenvalue weighted by molar-refractivity contribution is 7.84. The van der Waals surface area contributed by atoms with E-state index in [2.05, 4.69) is 5.10 Å². The van der Waals surface area contributed by atoms with Crippen LogP contribution in [0.1, 0.15) is 5.69 Å². The standard InChI is InChI=1S/C13H14F2N2O2S/c1-19-6-7-20(18)9-11-4-5-17(16-11)13-3-2-10(14)8-12(13)15/h2-5,8H,6-7,9H2,1H3. The van der Waals surface area contributed by atoms with Crippen molar-refractivity contribution in [1.29, 1.82) is 0 Å². The minimum atomic E-state index is -1.08. The normalized spacial score (nSPS) is 12.6. The molecule has 0 aliphatic rings. The summed E-state index contributed by atoms with van der Waals surface area (Å²) in [5, 5.41) is 4.14. The number of methoxy groups -OCH3 is 1. The average Bonchev–Trinajstić information content (AvgIpc) is 2.84. The first-order valence-corrected chi connectivity index (χ1v) is 7.43. The first-order chi connectivity index (χ1) is 9.60. The molecule has 0 fully saturated rings. The molecule has 1 aromatic carbocycles. The second-order valence-electron chi connectivity index (χ2n) is 4.13. The zero-order chi connectivity index (χ0) is 14.5. The van der Waals surface area contributed by atoms with Gasteiger partial charge in [-0.15, -0.1) is 0 Å². The predicted molar refractivity (Wildman–Crippen MR) is 72.1 cm³/mol. The lowest BCUT2D eigenvalue weighted by Gasteiger charge is -2.03. The summed E-state index contributed by atoms with van der Waals surface area (Å²) in [5.74, 6) is -0.632. The van der Waals surface area contributed by atoms with Gasteiger partial charge in [-0.1, -0.05) is 0 Å². The van der Waals surface area contributed by atoms with Gasteiger partial charge in [0.2, 0.25) is 0 Å². The van der Waals surface area contributed by atoms with Crippen molar-refractivity contribution in [3.8, 4) is 5.69 Å². The van der Waals surface area contributed by atoms with Crippen LogP contribution in [-0.4, -0.2) is 33.5 Å². The van der Waals surface area contributed by atoms with Crippen molar-refractivity contribution < 1.29 is 17.7 Å². The molecule has 0 aliphatic heterocycles. The van der Waals surface area contributed by atoms with E-state index in [-0.39, 0.29) is 11.4 Å². The Labute approximate surface area is 117 Å². The minimum Gasteiger partial charge on any atom is -0.384 e. The van der Waals surface area contributed by atoms with Gasteiger partial charge in [0.1, 0.15) is 11.5 Å². The summed E-state index contributed by atoms with van der Waals surface area (Å²) in [6.07, 6.45) is 1.55. The molecule has 0 N–H and O–H groups in total. The second kappa shape index (κ2) is 6.71. The molecule has 2 rings (SSSR count). The van der Waals surface area contributed by atoms with Crippen LogP contribution in [0.3, 0.4) is 0 Å². The summed E-state index contributed by atoms with van der Waals surface area (Å²) in [6, 6.07) is 4.93. The van der Waals surface area contributed by atoms with E-state index in [4.69, 9.17) is 4.74 Å². The molecule has 2 aromatic rings. The zero-order valence-corrected chi connectivity index (χ0v) is 11.7. The van der Waals surface area contributed by atoms with E-state index in [0.29, 0.717) is 18.1 Å². The number of halogens is 2. The molecule has 108 valence electrons. The number of nitrogens with zero attached hydrogens (tertiary/aromatic N) is 2. The van der Waals surface area contributed by atoms with Crippen LogP contribution in [-0.2, 0) is 21.3 Å².